The Bertz CT molecular complexity index is 500. The van der Waals surface area contributed by atoms with Gasteiger partial charge in [0.15, 0.2) is 0 Å². The van der Waals surface area contributed by atoms with Gasteiger partial charge in [-0.25, -0.2) is 0 Å². The van der Waals surface area contributed by atoms with Crippen LogP contribution in [-0.4, -0.2) is 18.5 Å². The lowest BCUT2D eigenvalue weighted by Gasteiger charge is -2.32. The van der Waals surface area contributed by atoms with Crippen LogP contribution in [0.1, 0.15) is 56.1 Å². The number of hydrogen-bond donors (Lipinski definition) is 2. The Morgan fingerprint density at radius 1 is 1.33 bits per heavy atom. The molecule has 3 nitrogen and oxygen atoms in total. The summed E-state index contributed by atoms with van der Waals surface area (Å²) in [6, 6.07) is 9.01. The molecule has 1 saturated carbocycles. The SMILES string of the molecule is Cc1cccc(C2(NC(=O)CC3CCCN3)CCCC2)c1. The van der Waals surface area contributed by atoms with Gasteiger partial charge >= 0.3 is 0 Å². The van der Waals surface area contributed by atoms with Gasteiger partial charge in [-0.15, -0.1) is 0 Å². The van der Waals surface area contributed by atoms with Gasteiger partial charge in [0, 0.05) is 12.5 Å². The average Bonchev–Trinajstić information content (AvgIpc) is 3.11. The molecule has 2 N–H and O–H groups in total. The van der Waals surface area contributed by atoms with E-state index in [4.69, 9.17) is 0 Å². The number of rotatable bonds is 4. The number of aryl methyl sites for hydroxylation is 1. The van der Waals surface area contributed by atoms with Crippen LogP contribution < -0.4 is 10.6 Å². The molecule has 1 aliphatic carbocycles. The Balaban J connectivity index is 1.73. The van der Waals surface area contributed by atoms with Crippen molar-refractivity contribution in [1.29, 1.82) is 0 Å². The fourth-order valence-corrected chi connectivity index (χ4v) is 3.88. The first-order valence-corrected chi connectivity index (χ1v) is 8.29. The zero-order chi connectivity index (χ0) is 14.7. The molecule has 0 bridgehead atoms. The van der Waals surface area contributed by atoms with E-state index >= 15 is 0 Å². The molecule has 21 heavy (non-hydrogen) atoms. The maximum Gasteiger partial charge on any atom is 0.222 e. The zero-order valence-corrected chi connectivity index (χ0v) is 13.0. The van der Waals surface area contributed by atoms with Crippen molar-refractivity contribution in [3.05, 3.63) is 35.4 Å². The average molecular weight is 286 g/mol. The van der Waals surface area contributed by atoms with Crippen LogP contribution in [0.15, 0.2) is 24.3 Å². The maximum atomic E-state index is 12.5. The van der Waals surface area contributed by atoms with Crippen molar-refractivity contribution in [2.24, 2.45) is 0 Å². The molecule has 1 amide bonds. The summed E-state index contributed by atoms with van der Waals surface area (Å²) in [6.07, 6.45) is 7.49. The van der Waals surface area contributed by atoms with Gasteiger partial charge in [-0.05, 0) is 44.7 Å². The summed E-state index contributed by atoms with van der Waals surface area (Å²) in [4.78, 5) is 12.5. The van der Waals surface area contributed by atoms with Gasteiger partial charge in [-0.2, -0.15) is 0 Å². The molecule has 2 aliphatic rings. The van der Waals surface area contributed by atoms with E-state index in [0.717, 1.165) is 25.8 Å². The van der Waals surface area contributed by atoms with Crippen molar-refractivity contribution in [1.82, 2.24) is 10.6 Å². The minimum absolute atomic E-state index is 0.123. The van der Waals surface area contributed by atoms with Crippen molar-refractivity contribution in [3.8, 4) is 0 Å². The van der Waals surface area contributed by atoms with Crippen molar-refractivity contribution < 1.29 is 4.79 Å². The minimum atomic E-state index is -0.123. The predicted molar refractivity (Wildman–Crippen MR) is 85.1 cm³/mol. The Labute approximate surface area is 127 Å². The van der Waals surface area contributed by atoms with Crippen LogP contribution in [0.4, 0.5) is 0 Å². The summed E-state index contributed by atoms with van der Waals surface area (Å²) in [5.41, 5.74) is 2.43. The molecule has 1 aromatic carbocycles. The first kappa shape index (κ1) is 14.6. The van der Waals surface area contributed by atoms with Crippen molar-refractivity contribution in [3.63, 3.8) is 0 Å². The summed E-state index contributed by atoms with van der Waals surface area (Å²) in [5, 5.41) is 6.80. The van der Waals surface area contributed by atoms with Gasteiger partial charge in [0.2, 0.25) is 5.91 Å². The van der Waals surface area contributed by atoms with Crippen molar-refractivity contribution in [2.45, 2.75) is 63.5 Å². The molecule has 3 heteroatoms. The molecule has 1 heterocycles. The number of carbonyl (C=O) groups is 1. The monoisotopic (exact) mass is 286 g/mol. The maximum absolute atomic E-state index is 12.5. The van der Waals surface area contributed by atoms with Gasteiger partial charge in [0.1, 0.15) is 0 Å². The molecular formula is C18H26N2O. The topological polar surface area (TPSA) is 41.1 Å². The third-order valence-electron chi connectivity index (χ3n) is 5.00. The normalized spacial score (nSPS) is 24.1. The van der Waals surface area contributed by atoms with E-state index in [-0.39, 0.29) is 11.4 Å². The van der Waals surface area contributed by atoms with Crippen LogP contribution in [0, 0.1) is 6.92 Å². The molecular weight excluding hydrogens is 260 g/mol. The van der Waals surface area contributed by atoms with Gasteiger partial charge in [-0.3, -0.25) is 4.79 Å². The molecule has 1 unspecified atom stereocenters. The smallest absolute Gasteiger partial charge is 0.222 e. The van der Waals surface area contributed by atoms with Crippen LogP contribution >= 0.6 is 0 Å². The lowest BCUT2D eigenvalue weighted by atomic mass is 9.87. The Kier molecular flexibility index (Phi) is 4.29. The van der Waals surface area contributed by atoms with E-state index in [1.54, 1.807) is 0 Å². The van der Waals surface area contributed by atoms with E-state index < -0.39 is 0 Å². The zero-order valence-electron chi connectivity index (χ0n) is 13.0. The number of nitrogens with one attached hydrogen (secondary N) is 2. The second kappa shape index (κ2) is 6.18. The largest absolute Gasteiger partial charge is 0.347 e. The summed E-state index contributed by atoms with van der Waals surface area (Å²) in [5.74, 6) is 0.206. The van der Waals surface area contributed by atoms with E-state index in [1.165, 1.54) is 30.4 Å². The first-order chi connectivity index (χ1) is 10.2. The fraction of sp³-hybridized carbons (Fsp3) is 0.611. The van der Waals surface area contributed by atoms with E-state index in [0.29, 0.717) is 12.5 Å². The van der Waals surface area contributed by atoms with Gasteiger partial charge in [0.25, 0.3) is 0 Å². The number of carbonyl (C=O) groups excluding carboxylic acids is 1. The van der Waals surface area contributed by atoms with E-state index in [9.17, 15) is 4.79 Å². The Morgan fingerprint density at radius 2 is 2.14 bits per heavy atom. The van der Waals surface area contributed by atoms with Crippen LogP contribution in [0.3, 0.4) is 0 Å². The third kappa shape index (κ3) is 3.29. The number of benzene rings is 1. The summed E-state index contributed by atoms with van der Waals surface area (Å²) < 4.78 is 0. The Morgan fingerprint density at radius 3 is 2.81 bits per heavy atom. The van der Waals surface area contributed by atoms with E-state index in [1.807, 2.05) is 0 Å². The third-order valence-corrected chi connectivity index (χ3v) is 5.00. The quantitative estimate of drug-likeness (QED) is 0.893. The van der Waals surface area contributed by atoms with E-state index in [2.05, 4.69) is 41.8 Å². The lowest BCUT2D eigenvalue weighted by molar-refractivity contribution is -0.123. The summed E-state index contributed by atoms with van der Waals surface area (Å²) in [7, 11) is 0. The second-order valence-electron chi connectivity index (χ2n) is 6.70. The molecule has 1 aromatic rings. The molecule has 0 radical (unpaired) electrons. The molecule has 0 aromatic heterocycles. The molecule has 1 atom stereocenters. The number of amides is 1. The highest BCUT2D eigenvalue weighted by Gasteiger charge is 2.37. The van der Waals surface area contributed by atoms with Gasteiger partial charge < -0.3 is 10.6 Å². The molecule has 2 fully saturated rings. The first-order valence-electron chi connectivity index (χ1n) is 8.29. The minimum Gasteiger partial charge on any atom is -0.347 e. The predicted octanol–water partition coefficient (Wildman–Crippen LogP) is 3.02. The highest BCUT2D eigenvalue weighted by atomic mass is 16.1. The van der Waals surface area contributed by atoms with Gasteiger partial charge in [-0.1, -0.05) is 42.7 Å². The highest BCUT2D eigenvalue weighted by Crippen LogP contribution is 2.39. The number of hydrogen-bond acceptors (Lipinski definition) is 2. The molecule has 1 saturated heterocycles. The summed E-state index contributed by atoms with van der Waals surface area (Å²) >= 11 is 0. The fourth-order valence-electron chi connectivity index (χ4n) is 3.88. The lowest BCUT2D eigenvalue weighted by Crippen LogP contribution is -2.45. The molecule has 1 aliphatic heterocycles. The van der Waals surface area contributed by atoms with Crippen LogP contribution in [-0.2, 0) is 10.3 Å². The summed E-state index contributed by atoms with van der Waals surface area (Å²) in [6.45, 7) is 3.18. The molecule has 3 rings (SSSR count). The standard InChI is InChI=1S/C18H26N2O/c1-14-6-4-7-15(12-14)18(9-2-3-10-18)20-17(21)13-16-8-5-11-19-16/h4,6-7,12,16,19H,2-3,5,8-11,13H2,1H3,(H,20,21). The van der Waals surface area contributed by atoms with Crippen LogP contribution in [0.2, 0.25) is 0 Å². The second-order valence-corrected chi connectivity index (χ2v) is 6.70. The van der Waals surface area contributed by atoms with Crippen molar-refractivity contribution >= 4 is 5.91 Å². The Hall–Kier alpha value is -1.35. The molecule has 0 spiro atoms. The highest BCUT2D eigenvalue weighted by molar-refractivity contribution is 5.77. The van der Waals surface area contributed by atoms with Crippen LogP contribution in [0.5, 0.6) is 0 Å². The molecule has 114 valence electrons. The van der Waals surface area contributed by atoms with Crippen LogP contribution in [0.25, 0.3) is 0 Å². The van der Waals surface area contributed by atoms with Crippen molar-refractivity contribution in [2.75, 3.05) is 6.54 Å². The van der Waals surface area contributed by atoms with Gasteiger partial charge in [0.05, 0.1) is 5.54 Å².